The lowest BCUT2D eigenvalue weighted by Gasteiger charge is -2.23. The lowest BCUT2D eigenvalue weighted by atomic mass is 10.1. The minimum absolute atomic E-state index is 0.125. The zero-order valence-electron chi connectivity index (χ0n) is 13.1. The zero-order valence-corrected chi connectivity index (χ0v) is 13.1. The summed E-state index contributed by atoms with van der Waals surface area (Å²) in [5.74, 6) is 0.352. The van der Waals surface area contributed by atoms with Crippen LogP contribution in [0.1, 0.15) is 28.4 Å². The molecular formula is C18H18N2O3. The van der Waals surface area contributed by atoms with Crippen molar-refractivity contribution in [1.29, 1.82) is 0 Å². The van der Waals surface area contributed by atoms with Gasteiger partial charge < -0.3 is 15.4 Å². The largest absolute Gasteiger partial charge is 0.479 e. The number of aryl methyl sites for hydroxylation is 1. The van der Waals surface area contributed by atoms with Crippen molar-refractivity contribution in [3.05, 3.63) is 59.2 Å². The van der Waals surface area contributed by atoms with Crippen LogP contribution in [0.5, 0.6) is 5.75 Å². The minimum Gasteiger partial charge on any atom is -0.479 e. The predicted octanol–water partition coefficient (Wildman–Crippen LogP) is 2.64. The number of nitrogens with one attached hydrogen (secondary N) is 2. The second-order valence-electron chi connectivity index (χ2n) is 5.63. The molecule has 0 fully saturated rings. The Hall–Kier alpha value is -2.82. The number of ether oxygens (including phenoxy) is 1. The van der Waals surface area contributed by atoms with E-state index in [9.17, 15) is 9.59 Å². The van der Waals surface area contributed by atoms with Crippen LogP contribution < -0.4 is 15.4 Å². The van der Waals surface area contributed by atoms with Crippen molar-refractivity contribution in [2.24, 2.45) is 0 Å². The first-order valence-electron chi connectivity index (χ1n) is 7.48. The molecule has 2 N–H and O–H groups in total. The summed E-state index contributed by atoms with van der Waals surface area (Å²) in [4.78, 5) is 23.8. The number of benzene rings is 2. The van der Waals surface area contributed by atoms with E-state index >= 15 is 0 Å². The van der Waals surface area contributed by atoms with Crippen molar-refractivity contribution in [2.75, 3.05) is 5.32 Å². The lowest BCUT2D eigenvalue weighted by Crippen LogP contribution is -2.34. The molecule has 1 aliphatic heterocycles. The third-order valence-corrected chi connectivity index (χ3v) is 3.71. The van der Waals surface area contributed by atoms with Gasteiger partial charge in [-0.25, -0.2) is 0 Å². The molecule has 0 aromatic heterocycles. The molecule has 0 aliphatic carbocycles. The van der Waals surface area contributed by atoms with Crippen LogP contribution in [0.2, 0.25) is 0 Å². The summed E-state index contributed by atoms with van der Waals surface area (Å²) in [5.41, 5.74) is 3.20. The molecule has 5 heteroatoms. The molecule has 2 aromatic rings. The van der Waals surface area contributed by atoms with E-state index in [1.165, 1.54) is 0 Å². The summed E-state index contributed by atoms with van der Waals surface area (Å²) in [7, 11) is 0. The number of hydrogen-bond acceptors (Lipinski definition) is 3. The fraction of sp³-hybridized carbons (Fsp3) is 0.222. The van der Waals surface area contributed by atoms with Gasteiger partial charge in [0.25, 0.3) is 11.8 Å². The van der Waals surface area contributed by atoms with Gasteiger partial charge in [-0.3, -0.25) is 9.59 Å². The van der Waals surface area contributed by atoms with E-state index in [0.29, 0.717) is 23.5 Å². The topological polar surface area (TPSA) is 67.4 Å². The normalized spacial score (nSPS) is 16.1. The maximum absolute atomic E-state index is 12.1. The maximum atomic E-state index is 12.1. The number of fused-ring (bicyclic) bond motifs is 1. The van der Waals surface area contributed by atoms with Gasteiger partial charge in [-0.1, -0.05) is 23.8 Å². The number of carbonyl (C=O) groups excluding carboxylic acids is 2. The van der Waals surface area contributed by atoms with Gasteiger partial charge in [-0.05, 0) is 43.7 Å². The van der Waals surface area contributed by atoms with E-state index in [4.69, 9.17) is 4.74 Å². The molecule has 0 spiro atoms. The molecule has 0 bridgehead atoms. The first-order valence-corrected chi connectivity index (χ1v) is 7.48. The van der Waals surface area contributed by atoms with Crippen LogP contribution in [-0.2, 0) is 11.3 Å². The minimum atomic E-state index is -0.491. The fourth-order valence-electron chi connectivity index (χ4n) is 2.44. The van der Waals surface area contributed by atoms with Gasteiger partial charge in [0, 0.05) is 12.1 Å². The summed E-state index contributed by atoms with van der Waals surface area (Å²) in [6, 6.07) is 12.9. The molecule has 5 nitrogen and oxygen atoms in total. The predicted molar refractivity (Wildman–Crippen MR) is 87.5 cm³/mol. The lowest BCUT2D eigenvalue weighted by molar-refractivity contribution is -0.122. The summed E-state index contributed by atoms with van der Waals surface area (Å²) in [6.07, 6.45) is -0.491. The van der Waals surface area contributed by atoms with Crippen LogP contribution in [0, 0.1) is 6.92 Å². The molecule has 0 saturated carbocycles. The van der Waals surface area contributed by atoms with Crippen molar-refractivity contribution in [2.45, 2.75) is 26.5 Å². The number of amides is 2. The van der Waals surface area contributed by atoms with Gasteiger partial charge in [0.15, 0.2) is 6.10 Å². The Kier molecular flexibility index (Phi) is 4.02. The van der Waals surface area contributed by atoms with Crippen molar-refractivity contribution >= 4 is 17.5 Å². The molecule has 1 aliphatic rings. The zero-order chi connectivity index (χ0) is 16.4. The highest BCUT2D eigenvalue weighted by Gasteiger charge is 2.23. The van der Waals surface area contributed by atoms with Gasteiger partial charge in [0.05, 0.1) is 5.69 Å². The average Bonchev–Trinajstić information content (AvgIpc) is 2.53. The van der Waals surface area contributed by atoms with Crippen molar-refractivity contribution < 1.29 is 14.3 Å². The van der Waals surface area contributed by atoms with E-state index in [1.54, 1.807) is 19.1 Å². The molecule has 2 aromatic carbocycles. The third-order valence-electron chi connectivity index (χ3n) is 3.71. The highest BCUT2D eigenvalue weighted by Crippen LogP contribution is 2.30. The SMILES string of the molecule is Cc1cccc(C(=O)NCc2ccc3c(c2)NC(=O)C(C)O3)c1. The summed E-state index contributed by atoms with van der Waals surface area (Å²) in [5, 5.41) is 5.68. The van der Waals surface area contributed by atoms with E-state index in [1.807, 2.05) is 37.3 Å². The van der Waals surface area contributed by atoms with Crippen molar-refractivity contribution in [1.82, 2.24) is 5.32 Å². The molecule has 1 unspecified atom stereocenters. The van der Waals surface area contributed by atoms with Crippen LogP contribution in [0.3, 0.4) is 0 Å². The Labute approximate surface area is 134 Å². The highest BCUT2D eigenvalue weighted by atomic mass is 16.5. The number of rotatable bonds is 3. The smallest absolute Gasteiger partial charge is 0.265 e. The number of anilines is 1. The Morgan fingerprint density at radius 1 is 1.26 bits per heavy atom. The van der Waals surface area contributed by atoms with Gasteiger partial charge in [0.1, 0.15) is 5.75 Å². The summed E-state index contributed by atoms with van der Waals surface area (Å²) < 4.78 is 5.51. The molecule has 118 valence electrons. The van der Waals surface area contributed by atoms with Crippen LogP contribution in [0.15, 0.2) is 42.5 Å². The first kappa shape index (κ1) is 15.1. The number of hydrogen-bond donors (Lipinski definition) is 2. The van der Waals surface area contributed by atoms with E-state index < -0.39 is 6.10 Å². The van der Waals surface area contributed by atoms with E-state index in [-0.39, 0.29) is 11.8 Å². The van der Waals surface area contributed by atoms with Gasteiger partial charge >= 0.3 is 0 Å². The average molecular weight is 310 g/mol. The molecule has 2 amide bonds. The maximum Gasteiger partial charge on any atom is 0.265 e. The Morgan fingerprint density at radius 3 is 2.87 bits per heavy atom. The molecule has 3 rings (SSSR count). The monoisotopic (exact) mass is 310 g/mol. The highest BCUT2D eigenvalue weighted by molar-refractivity contribution is 5.97. The van der Waals surface area contributed by atoms with E-state index in [2.05, 4.69) is 10.6 Å². The third kappa shape index (κ3) is 3.34. The van der Waals surface area contributed by atoms with Gasteiger partial charge in [-0.15, -0.1) is 0 Å². The molecule has 23 heavy (non-hydrogen) atoms. The quantitative estimate of drug-likeness (QED) is 0.916. The van der Waals surface area contributed by atoms with Crippen LogP contribution in [0.25, 0.3) is 0 Å². The van der Waals surface area contributed by atoms with E-state index in [0.717, 1.165) is 11.1 Å². The second-order valence-corrected chi connectivity index (χ2v) is 5.63. The Bertz CT molecular complexity index is 771. The van der Waals surface area contributed by atoms with Crippen LogP contribution >= 0.6 is 0 Å². The molecule has 0 saturated heterocycles. The summed E-state index contributed by atoms with van der Waals surface area (Å²) >= 11 is 0. The van der Waals surface area contributed by atoms with Gasteiger partial charge in [0.2, 0.25) is 0 Å². The number of carbonyl (C=O) groups is 2. The van der Waals surface area contributed by atoms with Crippen LogP contribution in [0.4, 0.5) is 5.69 Å². The van der Waals surface area contributed by atoms with Gasteiger partial charge in [-0.2, -0.15) is 0 Å². The Balaban J connectivity index is 1.68. The second kappa shape index (κ2) is 6.12. The fourth-order valence-corrected chi connectivity index (χ4v) is 2.44. The van der Waals surface area contributed by atoms with Crippen LogP contribution in [-0.4, -0.2) is 17.9 Å². The molecule has 1 heterocycles. The first-order chi connectivity index (χ1) is 11.0. The Morgan fingerprint density at radius 2 is 2.09 bits per heavy atom. The van der Waals surface area contributed by atoms with Crippen molar-refractivity contribution in [3.8, 4) is 5.75 Å². The molecule has 1 atom stereocenters. The van der Waals surface area contributed by atoms with Crippen molar-refractivity contribution in [3.63, 3.8) is 0 Å². The molecule has 0 radical (unpaired) electrons. The molecular weight excluding hydrogens is 292 g/mol. The standard InChI is InChI=1S/C18H18N2O3/c1-11-4-3-5-14(8-11)18(22)19-10-13-6-7-16-15(9-13)20-17(21)12(2)23-16/h3-9,12H,10H2,1-2H3,(H,19,22)(H,20,21). The summed E-state index contributed by atoms with van der Waals surface area (Å²) in [6.45, 7) is 4.03.